The number of allylic oxidation sites excluding steroid dienone is 2. The molecule has 2 saturated heterocycles. The van der Waals surface area contributed by atoms with Crippen LogP contribution < -0.4 is 16.8 Å². The largest absolute Gasteiger partial charge is 0.396 e. The monoisotopic (exact) mass is 415 g/mol. The van der Waals surface area contributed by atoms with Gasteiger partial charge in [0.05, 0.1) is 17.4 Å². The van der Waals surface area contributed by atoms with Gasteiger partial charge in [-0.25, -0.2) is 0 Å². The summed E-state index contributed by atoms with van der Waals surface area (Å²) in [5.41, 5.74) is 13.9. The number of ether oxygens (including phenoxy) is 1. The van der Waals surface area contributed by atoms with Gasteiger partial charge in [-0.05, 0) is 87.7 Å². The Bertz CT molecular complexity index is 723. The van der Waals surface area contributed by atoms with Gasteiger partial charge in [-0.3, -0.25) is 0 Å². The molecule has 5 heteroatoms. The number of aliphatic hydroxyl groups excluding tert-OH is 1. The summed E-state index contributed by atoms with van der Waals surface area (Å²) in [6, 6.07) is 0. The highest BCUT2D eigenvalue weighted by molar-refractivity contribution is 5.24. The molecule has 6 N–H and O–H groups in total. The fourth-order valence-electron chi connectivity index (χ4n) is 8.47. The Morgan fingerprint density at radius 2 is 2.13 bits per heavy atom. The van der Waals surface area contributed by atoms with Crippen LogP contribution in [-0.4, -0.2) is 34.6 Å². The number of nitrogens with two attached hydrogens (primary N) is 2. The van der Waals surface area contributed by atoms with E-state index in [1.165, 1.54) is 50.5 Å². The van der Waals surface area contributed by atoms with Crippen molar-refractivity contribution in [1.29, 1.82) is 0 Å². The van der Waals surface area contributed by atoms with Crippen molar-refractivity contribution in [3.8, 4) is 0 Å². The van der Waals surface area contributed by atoms with Crippen LogP contribution in [0.2, 0.25) is 0 Å². The molecule has 3 saturated carbocycles. The third-order valence-corrected chi connectivity index (χ3v) is 9.28. The highest BCUT2D eigenvalue weighted by atomic mass is 16.5. The maximum absolute atomic E-state index is 9.85. The molecular weight excluding hydrogens is 374 g/mol. The third-order valence-electron chi connectivity index (χ3n) is 9.28. The highest BCUT2D eigenvalue weighted by Gasteiger charge is 2.68. The van der Waals surface area contributed by atoms with E-state index in [1.54, 1.807) is 0 Å². The smallest absolute Gasteiger partial charge is 0.0934 e. The van der Waals surface area contributed by atoms with E-state index in [4.69, 9.17) is 16.2 Å². The summed E-state index contributed by atoms with van der Waals surface area (Å²) in [5, 5.41) is 13.1. The summed E-state index contributed by atoms with van der Waals surface area (Å²) in [6.07, 6.45) is 19.0. The van der Waals surface area contributed by atoms with Gasteiger partial charge >= 0.3 is 0 Å². The number of nitrogens with one attached hydrogen (secondary N) is 1. The molecule has 0 aromatic rings. The molecule has 3 heterocycles. The second kappa shape index (κ2) is 7.61. The van der Waals surface area contributed by atoms with E-state index < -0.39 is 0 Å². The van der Waals surface area contributed by atoms with Gasteiger partial charge in [0.25, 0.3) is 0 Å². The quantitative estimate of drug-likeness (QED) is 0.553. The molecule has 6 aliphatic rings. The molecular formula is C25H41N3O2. The zero-order valence-electron chi connectivity index (χ0n) is 18.6. The molecule has 3 aliphatic heterocycles. The number of aliphatic hydroxyl groups is 1. The summed E-state index contributed by atoms with van der Waals surface area (Å²) in [4.78, 5) is 0. The first kappa shape index (κ1) is 21.0. The van der Waals surface area contributed by atoms with Crippen molar-refractivity contribution in [2.75, 3.05) is 6.61 Å². The number of hydrogen-bond donors (Lipinski definition) is 4. The van der Waals surface area contributed by atoms with Gasteiger partial charge in [-0.1, -0.05) is 25.3 Å². The van der Waals surface area contributed by atoms with Crippen LogP contribution in [0.4, 0.5) is 0 Å². The normalized spacial score (nSPS) is 50.1. The van der Waals surface area contributed by atoms with Gasteiger partial charge < -0.3 is 26.6 Å². The molecule has 30 heavy (non-hydrogen) atoms. The molecule has 168 valence electrons. The summed E-state index contributed by atoms with van der Waals surface area (Å²) >= 11 is 0. The lowest BCUT2D eigenvalue weighted by molar-refractivity contribution is -0.324. The van der Waals surface area contributed by atoms with E-state index in [1.807, 2.05) is 0 Å². The second-order valence-corrected chi connectivity index (χ2v) is 11.4. The second-order valence-electron chi connectivity index (χ2n) is 11.4. The van der Waals surface area contributed by atoms with Gasteiger partial charge in [0.1, 0.15) is 0 Å². The van der Waals surface area contributed by atoms with Crippen molar-refractivity contribution in [1.82, 2.24) is 5.32 Å². The van der Waals surface area contributed by atoms with E-state index >= 15 is 0 Å². The van der Waals surface area contributed by atoms with Crippen LogP contribution in [0.25, 0.3) is 0 Å². The Balaban J connectivity index is 1.37. The number of fused-ring (bicyclic) bond motifs is 1. The van der Waals surface area contributed by atoms with Gasteiger partial charge in [-0.2, -0.15) is 0 Å². The molecule has 3 aliphatic carbocycles. The first-order valence-corrected chi connectivity index (χ1v) is 12.3. The van der Waals surface area contributed by atoms with Gasteiger partial charge in [0.15, 0.2) is 0 Å². The highest BCUT2D eigenvalue weighted by Crippen LogP contribution is 2.65. The molecule has 8 atom stereocenters. The molecule has 4 bridgehead atoms. The zero-order chi connectivity index (χ0) is 21.0. The van der Waals surface area contributed by atoms with Gasteiger partial charge in [-0.15, -0.1) is 0 Å². The number of rotatable bonds is 5. The van der Waals surface area contributed by atoms with E-state index in [0.29, 0.717) is 30.1 Å². The fourth-order valence-corrected chi connectivity index (χ4v) is 8.47. The van der Waals surface area contributed by atoms with Crippen LogP contribution in [0.3, 0.4) is 0 Å². The lowest BCUT2D eigenvalue weighted by Crippen LogP contribution is -2.76. The average molecular weight is 416 g/mol. The topological polar surface area (TPSA) is 93.5 Å². The first-order chi connectivity index (χ1) is 14.4. The SMILES string of the molecule is CC12CCCC3CC(C4CCCC(CC5=CNC(N)C=C5)C4)(CC(N)(CCO)C31)O2. The molecule has 0 amide bonds. The van der Waals surface area contributed by atoms with Crippen molar-refractivity contribution in [2.24, 2.45) is 35.1 Å². The summed E-state index contributed by atoms with van der Waals surface area (Å²) < 4.78 is 7.15. The van der Waals surface area contributed by atoms with E-state index in [2.05, 4.69) is 30.6 Å². The molecule has 5 fully saturated rings. The Hall–Kier alpha value is -0.880. The summed E-state index contributed by atoms with van der Waals surface area (Å²) in [5.74, 6) is 2.35. The first-order valence-electron chi connectivity index (χ1n) is 12.3. The van der Waals surface area contributed by atoms with Gasteiger partial charge in [0, 0.05) is 24.3 Å². The maximum Gasteiger partial charge on any atom is 0.0934 e. The van der Waals surface area contributed by atoms with Crippen molar-refractivity contribution in [3.05, 3.63) is 23.9 Å². The van der Waals surface area contributed by atoms with Crippen LogP contribution in [0.1, 0.15) is 77.6 Å². The van der Waals surface area contributed by atoms with Crippen molar-refractivity contribution >= 4 is 0 Å². The third kappa shape index (κ3) is 3.46. The van der Waals surface area contributed by atoms with Crippen LogP contribution in [0.5, 0.6) is 0 Å². The molecule has 0 aromatic heterocycles. The average Bonchev–Trinajstić information content (AvgIpc) is 2.69. The number of hydrogen-bond acceptors (Lipinski definition) is 5. The maximum atomic E-state index is 9.85. The van der Waals surface area contributed by atoms with E-state index in [0.717, 1.165) is 19.3 Å². The standard InChI is InChI=1S/C25H41N3O2/c1-23-9-3-5-19-14-25(30-23,16-24(27,10-11-29)22(19)23)20-6-2-4-17(13-20)12-18-7-8-21(26)28-15-18/h7-8,15,17,19-22,28-29H,2-6,9-14,16,26-27H2,1H3. The van der Waals surface area contributed by atoms with Crippen molar-refractivity contribution in [2.45, 2.75) is 100 Å². The predicted octanol–water partition coefficient (Wildman–Crippen LogP) is 3.33. The molecule has 0 aromatic carbocycles. The molecule has 5 nitrogen and oxygen atoms in total. The Kier molecular flexibility index (Phi) is 5.33. The molecule has 8 unspecified atom stereocenters. The van der Waals surface area contributed by atoms with Gasteiger partial charge in [0.2, 0.25) is 0 Å². The lowest BCUT2D eigenvalue weighted by Gasteiger charge is -2.70. The van der Waals surface area contributed by atoms with Crippen LogP contribution in [0.15, 0.2) is 23.9 Å². The molecule has 0 spiro atoms. The van der Waals surface area contributed by atoms with Crippen LogP contribution >= 0.6 is 0 Å². The molecule has 6 rings (SSSR count). The number of dihydropyridines is 1. The van der Waals surface area contributed by atoms with Crippen LogP contribution in [-0.2, 0) is 4.74 Å². The molecule has 0 radical (unpaired) electrons. The lowest BCUT2D eigenvalue weighted by atomic mass is 9.46. The Labute approximate surface area is 181 Å². The van der Waals surface area contributed by atoms with Crippen molar-refractivity contribution in [3.63, 3.8) is 0 Å². The zero-order valence-corrected chi connectivity index (χ0v) is 18.6. The summed E-state index contributed by atoms with van der Waals surface area (Å²) in [7, 11) is 0. The minimum Gasteiger partial charge on any atom is -0.396 e. The minimum atomic E-state index is -0.271. The van der Waals surface area contributed by atoms with E-state index in [-0.39, 0.29) is 29.5 Å². The minimum absolute atomic E-state index is 0.0538. The fraction of sp³-hybridized carbons (Fsp3) is 0.840. The predicted molar refractivity (Wildman–Crippen MR) is 119 cm³/mol. The van der Waals surface area contributed by atoms with E-state index in [9.17, 15) is 5.11 Å². The van der Waals surface area contributed by atoms with Crippen LogP contribution in [0, 0.1) is 23.7 Å². The van der Waals surface area contributed by atoms with Crippen molar-refractivity contribution < 1.29 is 9.84 Å². The Morgan fingerprint density at radius 3 is 2.87 bits per heavy atom. The summed E-state index contributed by atoms with van der Waals surface area (Å²) in [6.45, 7) is 2.53. The Morgan fingerprint density at radius 1 is 1.27 bits per heavy atom.